The zero-order valence-electron chi connectivity index (χ0n) is 13.4. The van der Waals surface area contributed by atoms with Gasteiger partial charge in [-0.15, -0.1) is 11.3 Å². The molecule has 0 unspecified atom stereocenters. The number of carbonyl (C=O) groups is 1. The first-order valence-electron chi connectivity index (χ1n) is 7.58. The van der Waals surface area contributed by atoms with Crippen LogP contribution < -0.4 is 16.2 Å². The molecule has 26 heavy (non-hydrogen) atoms. The number of para-hydroxylation sites is 1. The lowest BCUT2D eigenvalue weighted by atomic mass is 10.3. The SMILES string of the molecule is O=C(CCc1nc(-c2cccs2)no1)NNC(=S)Nc1ccccc1F. The van der Waals surface area contributed by atoms with Crippen molar-refractivity contribution < 1.29 is 13.7 Å². The third-order valence-electron chi connectivity index (χ3n) is 3.21. The molecule has 10 heteroatoms. The highest BCUT2D eigenvalue weighted by Crippen LogP contribution is 2.21. The van der Waals surface area contributed by atoms with Gasteiger partial charge >= 0.3 is 0 Å². The van der Waals surface area contributed by atoms with E-state index in [-0.39, 0.29) is 23.1 Å². The first-order valence-corrected chi connectivity index (χ1v) is 8.87. The number of carbonyl (C=O) groups excluding carboxylic acids is 1. The lowest BCUT2D eigenvalue weighted by Crippen LogP contribution is -2.43. The van der Waals surface area contributed by atoms with E-state index in [1.165, 1.54) is 23.5 Å². The van der Waals surface area contributed by atoms with Gasteiger partial charge in [0, 0.05) is 12.8 Å². The second-order valence-corrected chi connectivity index (χ2v) is 6.45. The van der Waals surface area contributed by atoms with E-state index in [0.29, 0.717) is 18.1 Å². The van der Waals surface area contributed by atoms with Crippen LogP contribution in [0.1, 0.15) is 12.3 Å². The van der Waals surface area contributed by atoms with Crippen molar-refractivity contribution in [2.75, 3.05) is 5.32 Å². The first kappa shape index (κ1) is 18.0. The maximum atomic E-state index is 13.5. The molecule has 0 aliphatic heterocycles. The number of halogens is 1. The van der Waals surface area contributed by atoms with Crippen molar-refractivity contribution in [2.24, 2.45) is 0 Å². The summed E-state index contributed by atoms with van der Waals surface area (Å²) in [5.74, 6) is 0.110. The zero-order valence-corrected chi connectivity index (χ0v) is 15.0. The number of nitrogens with one attached hydrogen (secondary N) is 3. The summed E-state index contributed by atoms with van der Waals surface area (Å²) in [6.45, 7) is 0. The number of aryl methyl sites for hydroxylation is 1. The van der Waals surface area contributed by atoms with Gasteiger partial charge in [0.2, 0.25) is 17.6 Å². The van der Waals surface area contributed by atoms with Crippen molar-refractivity contribution in [3.8, 4) is 10.7 Å². The van der Waals surface area contributed by atoms with Gasteiger partial charge in [-0.05, 0) is 35.8 Å². The normalized spacial score (nSPS) is 10.3. The smallest absolute Gasteiger partial charge is 0.238 e. The summed E-state index contributed by atoms with van der Waals surface area (Å²) in [5.41, 5.74) is 5.15. The van der Waals surface area contributed by atoms with E-state index in [9.17, 15) is 9.18 Å². The molecule has 7 nitrogen and oxygen atoms in total. The van der Waals surface area contributed by atoms with Crippen LogP contribution in [0.4, 0.5) is 10.1 Å². The number of hydrogen-bond donors (Lipinski definition) is 3. The summed E-state index contributed by atoms with van der Waals surface area (Å²) in [6, 6.07) is 9.86. The number of amides is 1. The average Bonchev–Trinajstić information content (AvgIpc) is 3.31. The molecule has 0 aliphatic rings. The Kier molecular flexibility index (Phi) is 5.87. The number of thiophene rings is 1. The van der Waals surface area contributed by atoms with Gasteiger partial charge in [-0.3, -0.25) is 15.6 Å². The molecule has 1 amide bonds. The van der Waals surface area contributed by atoms with Gasteiger partial charge in [-0.25, -0.2) is 4.39 Å². The van der Waals surface area contributed by atoms with E-state index in [1.54, 1.807) is 12.1 Å². The monoisotopic (exact) mass is 391 g/mol. The molecule has 0 aliphatic carbocycles. The average molecular weight is 391 g/mol. The minimum Gasteiger partial charge on any atom is -0.339 e. The molecule has 2 aromatic heterocycles. The standard InChI is InChI=1S/C16H14FN5O2S2/c17-10-4-1-2-5-11(10)18-16(25)21-20-13(23)7-8-14-19-15(22-24-14)12-6-3-9-26-12/h1-6,9H,7-8H2,(H,20,23)(H2,18,21,25). The third kappa shape index (κ3) is 4.83. The van der Waals surface area contributed by atoms with Crippen LogP contribution in [-0.4, -0.2) is 21.2 Å². The lowest BCUT2D eigenvalue weighted by Gasteiger charge is -2.11. The van der Waals surface area contributed by atoms with E-state index in [0.717, 1.165) is 4.88 Å². The Labute approximate surface area is 157 Å². The molecule has 1 aromatic carbocycles. The van der Waals surface area contributed by atoms with Crippen molar-refractivity contribution >= 4 is 40.3 Å². The Morgan fingerprint density at radius 3 is 2.85 bits per heavy atom. The molecule has 3 rings (SSSR count). The largest absolute Gasteiger partial charge is 0.339 e. The Bertz CT molecular complexity index is 898. The predicted molar refractivity (Wildman–Crippen MR) is 99.8 cm³/mol. The van der Waals surface area contributed by atoms with E-state index < -0.39 is 5.82 Å². The third-order valence-corrected chi connectivity index (χ3v) is 4.28. The van der Waals surface area contributed by atoms with Crippen LogP contribution in [0.25, 0.3) is 10.7 Å². The summed E-state index contributed by atoms with van der Waals surface area (Å²) in [5, 5.41) is 8.52. The summed E-state index contributed by atoms with van der Waals surface area (Å²) in [6.07, 6.45) is 0.417. The van der Waals surface area contributed by atoms with Gasteiger partial charge in [-0.1, -0.05) is 23.4 Å². The molecule has 0 radical (unpaired) electrons. The topological polar surface area (TPSA) is 92.1 Å². The molecule has 2 heterocycles. The molecular formula is C16H14FN5O2S2. The van der Waals surface area contributed by atoms with Crippen molar-refractivity contribution in [3.05, 3.63) is 53.5 Å². The fourth-order valence-electron chi connectivity index (χ4n) is 1.99. The second kappa shape index (κ2) is 8.50. The summed E-state index contributed by atoms with van der Waals surface area (Å²) in [4.78, 5) is 17.0. The highest BCUT2D eigenvalue weighted by atomic mass is 32.1. The highest BCUT2D eigenvalue weighted by molar-refractivity contribution is 7.80. The molecule has 0 saturated heterocycles. The Hall–Kier alpha value is -2.85. The molecule has 0 bridgehead atoms. The zero-order chi connectivity index (χ0) is 18.4. The first-order chi connectivity index (χ1) is 12.6. The quantitative estimate of drug-likeness (QED) is 0.455. The summed E-state index contributed by atoms with van der Waals surface area (Å²) in [7, 11) is 0. The van der Waals surface area contributed by atoms with Gasteiger partial charge in [0.1, 0.15) is 5.82 Å². The number of anilines is 1. The number of hydrogen-bond acceptors (Lipinski definition) is 6. The van der Waals surface area contributed by atoms with Gasteiger partial charge in [0.15, 0.2) is 5.11 Å². The number of hydrazine groups is 1. The van der Waals surface area contributed by atoms with Crippen molar-refractivity contribution in [1.29, 1.82) is 0 Å². The van der Waals surface area contributed by atoms with Crippen LogP contribution in [0.2, 0.25) is 0 Å². The van der Waals surface area contributed by atoms with Crippen molar-refractivity contribution in [3.63, 3.8) is 0 Å². The van der Waals surface area contributed by atoms with Crippen LogP contribution in [0.5, 0.6) is 0 Å². The second-order valence-electron chi connectivity index (χ2n) is 5.10. The fraction of sp³-hybridized carbons (Fsp3) is 0.125. The number of aromatic nitrogens is 2. The maximum absolute atomic E-state index is 13.5. The number of thiocarbonyl (C=S) groups is 1. The van der Waals surface area contributed by atoms with Crippen molar-refractivity contribution in [2.45, 2.75) is 12.8 Å². The van der Waals surface area contributed by atoms with E-state index in [1.807, 2.05) is 17.5 Å². The van der Waals surface area contributed by atoms with E-state index >= 15 is 0 Å². The van der Waals surface area contributed by atoms with Crippen LogP contribution in [0, 0.1) is 5.82 Å². The molecular weight excluding hydrogens is 377 g/mol. The highest BCUT2D eigenvalue weighted by Gasteiger charge is 2.11. The number of nitrogens with zero attached hydrogens (tertiary/aromatic N) is 2. The molecule has 0 atom stereocenters. The fourth-order valence-corrected chi connectivity index (χ4v) is 2.80. The molecule has 0 spiro atoms. The van der Waals surface area contributed by atoms with E-state index in [2.05, 4.69) is 26.3 Å². The minimum absolute atomic E-state index is 0.0706. The van der Waals surface area contributed by atoms with Crippen LogP contribution in [0.15, 0.2) is 46.3 Å². The summed E-state index contributed by atoms with van der Waals surface area (Å²) >= 11 is 6.50. The van der Waals surface area contributed by atoms with Crippen LogP contribution >= 0.6 is 23.6 Å². The maximum Gasteiger partial charge on any atom is 0.238 e. The van der Waals surface area contributed by atoms with Crippen molar-refractivity contribution in [1.82, 2.24) is 21.0 Å². The molecule has 0 saturated carbocycles. The number of rotatable bonds is 5. The lowest BCUT2D eigenvalue weighted by molar-refractivity contribution is -0.121. The van der Waals surface area contributed by atoms with Gasteiger partial charge in [-0.2, -0.15) is 4.98 Å². The Morgan fingerprint density at radius 1 is 1.23 bits per heavy atom. The van der Waals surface area contributed by atoms with E-state index in [4.69, 9.17) is 16.7 Å². The number of benzene rings is 1. The molecule has 0 fully saturated rings. The molecule has 3 N–H and O–H groups in total. The molecule has 134 valence electrons. The Morgan fingerprint density at radius 2 is 2.08 bits per heavy atom. The van der Waals surface area contributed by atoms with Gasteiger partial charge in [0.05, 0.1) is 10.6 Å². The Balaban J connectivity index is 1.42. The predicted octanol–water partition coefficient (Wildman–Crippen LogP) is 2.89. The van der Waals surface area contributed by atoms with Crippen LogP contribution in [0.3, 0.4) is 0 Å². The minimum atomic E-state index is -0.444. The van der Waals surface area contributed by atoms with Crippen LogP contribution in [-0.2, 0) is 11.2 Å². The summed E-state index contributed by atoms with van der Waals surface area (Å²) < 4.78 is 18.6. The van der Waals surface area contributed by atoms with Gasteiger partial charge in [0.25, 0.3) is 0 Å². The van der Waals surface area contributed by atoms with Gasteiger partial charge < -0.3 is 9.84 Å². The molecule has 3 aromatic rings.